The van der Waals surface area contributed by atoms with Gasteiger partial charge in [0.1, 0.15) is 0 Å². The highest BCUT2D eigenvalue weighted by Gasteiger charge is 2.21. The molecule has 0 aliphatic heterocycles. The average molecular weight is 313 g/mol. The number of nitrogens with zero attached hydrogens (tertiary/aromatic N) is 1. The molecule has 0 aliphatic rings. The summed E-state index contributed by atoms with van der Waals surface area (Å²) in [5.74, 6) is 0. The number of halogens is 1. The van der Waals surface area contributed by atoms with E-state index >= 15 is 0 Å². The van der Waals surface area contributed by atoms with Gasteiger partial charge in [0.15, 0.2) is 0 Å². The molecule has 2 N–H and O–H groups in total. The first-order valence-electron chi connectivity index (χ1n) is 7.16. The molecule has 1 rings (SSSR count). The highest BCUT2D eigenvalue weighted by atomic mass is 35.5. The number of aryl methyl sites for hydroxylation is 1. The molecule has 5 heteroatoms. The Morgan fingerprint density at radius 2 is 2.05 bits per heavy atom. The fourth-order valence-electron chi connectivity index (χ4n) is 2.00. The molecule has 0 saturated heterocycles. The number of benzene rings is 1. The lowest BCUT2D eigenvalue weighted by Gasteiger charge is -2.30. The average Bonchev–Trinajstić information content (AvgIpc) is 2.36. The molecule has 21 heavy (non-hydrogen) atoms. The van der Waals surface area contributed by atoms with E-state index in [-0.39, 0.29) is 18.1 Å². The van der Waals surface area contributed by atoms with Gasteiger partial charge in [-0.2, -0.15) is 0 Å². The quantitative estimate of drug-likeness (QED) is 0.866. The Hall–Kier alpha value is -1.26. The number of rotatable bonds is 5. The Morgan fingerprint density at radius 1 is 1.38 bits per heavy atom. The van der Waals surface area contributed by atoms with Crippen LogP contribution in [-0.4, -0.2) is 35.7 Å². The molecule has 0 bridgehead atoms. The second-order valence-electron chi connectivity index (χ2n) is 6.47. The first kappa shape index (κ1) is 17.8. The van der Waals surface area contributed by atoms with E-state index in [1.54, 1.807) is 11.0 Å². The summed E-state index contributed by atoms with van der Waals surface area (Å²) in [6, 6.07) is 5.34. The summed E-state index contributed by atoms with van der Waals surface area (Å²) in [5.41, 5.74) is 1.64. The van der Waals surface area contributed by atoms with Gasteiger partial charge in [0, 0.05) is 19.7 Å². The Morgan fingerprint density at radius 3 is 2.57 bits per heavy atom. The van der Waals surface area contributed by atoms with E-state index in [9.17, 15) is 4.79 Å². The fourth-order valence-corrected chi connectivity index (χ4v) is 2.28. The van der Waals surface area contributed by atoms with Crippen LogP contribution in [-0.2, 0) is 0 Å². The van der Waals surface area contributed by atoms with Crippen molar-refractivity contribution in [2.24, 2.45) is 5.41 Å². The van der Waals surface area contributed by atoms with Crippen molar-refractivity contribution in [3.05, 3.63) is 28.8 Å². The van der Waals surface area contributed by atoms with Gasteiger partial charge in [-0.25, -0.2) is 4.79 Å². The molecule has 2 amide bonds. The summed E-state index contributed by atoms with van der Waals surface area (Å²) >= 11 is 6.14. The number of nitrogens with one attached hydrogen (secondary N) is 1. The Labute approximate surface area is 132 Å². The van der Waals surface area contributed by atoms with Crippen LogP contribution in [0, 0.1) is 12.3 Å². The van der Waals surface area contributed by atoms with Crippen LogP contribution in [0.2, 0.25) is 5.02 Å². The molecule has 4 nitrogen and oxygen atoms in total. The third kappa shape index (κ3) is 6.36. The SMILES string of the molecule is Cc1ccc(NC(=O)N(CCCO)CC(C)(C)C)c(Cl)c1. The second kappa shape index (κ2) is 7.66. The maximum Gasteiger partial charge on any atom is 0.321 e. The van der Waals surface area contributed by atoms with Crippen molar-refractivity contribution in [1.29, 1.82) is 0 Å². The highest BCUT2D eigenvalue weighted by molar-refractivity contribution is 6.33. The van der Waals surface area contributed by atoms with Crippen molar-refractivity contribution in [2.45, 2.75) is 34.1 Å². The molecule has 0 unspecified atom stereocenters. The monoisotopic (exact) mass is 312 g/mol. The smallest absolute Gasteiger partial charge is 0.321 e. The van der Waals surface area contributed by atoms with Gasteiger partial charge in [0.25, 0.3) is 0 Å². The van der Waals surface area contributed by atoms with E-state index in [0.29, 0.717) is 30.2 Å². The van der Waals surface area contributed by atoms with Crippen LogP contribution < -0.4 is 5.32 Å². The van der Waals surface area contributed by atoms with Gasteiger partial charge in [-0.15, -0.1) is 0 Å². The van der Waals surface area contributed by atoms with E-state index < -0.39 is 0 Å². The Bertz CT molecular complexity index is 484. The minimum atomic E-state index is -0.191. The maximum absolute atomic E-state index is 12.4. The summed E-state index contributed by atoms with van der Waals surface area (Å²) in [4.78, 5) is 14.1. The summed E-state index contributed by atoms with van der Waals surface area (Å²) in [7, 11) is 0. The molecule has 0 fully saturated rings. The molecule has 118 valence electrons. The highest BCUT2D eigenvalue weighted by Crippen LogP contribution is 2.24. The lowest BCUT2D eigenvalue weighted by molar-refractivity contribution is 0.176. The molecule has 0 spiro atoms. The van der Waals surface area contributed by atoms with Crippen molar-refractivity contribution in [3.63, 3.8) is 0 Å². The number of urea groups is 1. The number of aliphatic hydroxyl groups excluding tert-OH is 1. The van der Waals surface area contributed by atoms with Crippen LogP contribution in [0.25, 0.3) is 0 Å². The Kier molecular flexibility index (Phi) is 6.49. The molecule has 1 aromatic carbocycles. The zero-order valence-electron chi connectivity index (χ0n) is 13.2. The van der Waals surface area contributed by atoms with Crippen molar-refractivity contribution in [2.75, 3.05) is 25.0 Å². The van der Waals surface area contributed by atoms with Gasteiger partial charge in [-0.05, 0) is 36.5 Å². The first-order chi connectivity index (χ1) is 9.73. The predicted molar refractivity (Wildman–Crippen MR) is 87.9 cm³/mol. The first-order valence-corrected chi connectivity index (χ1v) is 7.53. The summed E-state index contributed by atoms with van der Waals surface area (Å²) in [6.07, 6.45) is 0.561. The van der Waals surface area contributed by atoms with E-state index in [1.807, 2.05) is 19.1 Å². The van der Waals surface area contributed by atoms with Crippen molar-refractivity contribution in [3.8, 4) is 0 Å². The molecule has 0 atom stereocenters. The lowest BCUT2D eigenvalue weighted by Crippen LogP contribution is -2.41. The number of hydrogen-bond donors (Lipinski definition) is 2. The van der Waals surface area contributed by atoms with Gasteiger partial charge in [0.05, 0.1) is 10.7 Å². The molecular weight excluding hydrogens is 288 g/mol. The number of carbonyl (C=O) groups excluding carboxylic acids is 1. The molecule has 0 saturated carbocycles. The third-order valence-electron chi connectivity index (χ3n) is 2.90. The third-order valence-corrected chi connectivity index (χ3v) is 3.22. The summed E-state index contributed by atoms with van der Waals surface area (Å²) < 4.78 is 0. The van der Waals surface area contributed by atoms with Crippen LogP contribution in [0.15, 0.2) is 18.2 Å². The number of carbonyl (C=O) groups is 1. The molecule has 1 aromatic rings. The largest absolute Gasteiger partial charge is 0.396 e. The molecule has 0 aromatic heterocycles. The summed E-state index contributed by atoms with van der Waals surface area (Å²) in [5, 5.41) is 12.4. The molecule has 0 aliphatic carbocycles. The second-order valence-corrected chi connectivity index (χ2v) is 6.88. The van der Waals surface area contributed by atoms with Gasteiger partial charge in [-0.3, -0.25) is 0 Å². The van der Waals surface area contributed by atoms with E-state index in [4.69, 9.17) is 16.7 Å². The number of amides is 2. The fraction of sp³-hybridized carbons (Fsp3) is 0.562. The number of hydrogen-bond acceptors (Lipinski definition) is 2. The molecule has 0 heterocycles. The normalized spacial score (nSPS) is 11.3. The maximum atomic E-state index is 12.4. The van der Waals surface area contributed by atoms with Crippen molar-refractivity contribution < 1.29 is 9.90 Å². The lowest BCUT2D eigenvalue weighted by atomic mass is 9.96. The van der Waals surface area contributed by atoms with Crippen LogP contribution >= 0.6 is 11.6 Å². The molecule has 0 radical (unpaired) electrons. The number of aliphatic hydroxyl groups is 1. The van der Waals surface area contributed by atoms with Crippen LogP contribution in [0.3, 0.4) is 0 Å². The summed E-state index contributed by atoms with van der Waals surface area (Å²) in [6.45, 7) is 9.37. The van der Waals surface area contributed by atoms with Crippen LogP contribution in [0.1, 0.15) is 32.8 Å². The topological polar surface area (TPSA) is 52.6 Å². The number of anilines is 1. The van der Waals surface area contributed by atoms with Gasteiger partial charge in [0.2, 0.25) is 0 Å². The minimum Gasteiger partial charge on any atom is -0.396 e. The van der Waals surface area contributed by atoms with Gasteiger partial charge < -0.3 is 15.3 Å². The zero-order chi connectivity index (χ0) is 16.0. The van der Waals surface area contributed by atoms with Gasteiger partial charge >= 0.3 is 6.03 Å². The van der Waals surface area contributed by atoms with Crippen molar-refractivity contribution >= 4 is 23.3 Å². The van der Waals surface area contributed by atoms with Crippen LogP contribution in [0.5, 0.6) is 0 Å². The van der Waals surface area contributed by atoms with Crippen LogP contribution in [0.4, 0.5) is 10.5 Å². The standard InChI is InChI=1S/C16H25ClN2O2/c1-12-6-7-14(13(17)10-12)18-15(21)19(8-5-9-20)11-16(2,3)4/h6-7,10,20H,5,8-9,11H2,1-4H3,(H,18,21). The molecular formula is C16H25ClN2O2. The minimum absolute atomic E-state index is 0.0101. The van der Waals surface area contributed by atoms with E-state index in [2.05, 4.69) is 26.1 Å². The van der Waals surface area contributed by atoms with E-state index in [0.717, 1.165) is 5.56 Å². The van der Waals surface area contributed by atoms with E-state index in [1.165, 1.54) is 0 Å². The zero-order valence-corrected chi connectivity index (χ0v) is 14.0. The van der Waals surface area contributed by atoms with Crippen molar-refractivity contribution in [1.82, 2.24) is 4.90 Å². The predicted octanol–water partition coefficient (Wildman–Crippen LogP) is 3.91. The van der Waals surface area contributed by atoms with Gasteiger partial charge in [-0.1, -0.05) is 38.4 Å². The Balaban J connectivity index is 2.79.